The van der Waals surface area contributed by atoms with Crippen LogP contribution < -0.4 is 20.7 Å². The van der Waals surface area contributed by atoms with Crippen molar-refractivity contribution in [1.82, 2.24) is 10.1 Å². The number of nitrogens with zero attached hydrogens (tertiary/aromatic N) is 2. The van der Waals surface area contributed by atoms with Gasteiger partial charge in [0.05, 0.1) is 6.10 Å². The predicted octanol–water partition coefficient (Wildman–Crippen LogP) is 8.07. The predicted molar refractivity (Wildman–Crippen MR) is 176 cm³/mol. The van der Waals surface area contributed by atoms with E-state index >= 15 is 0 Å². The number of hydrogen-bond donors (Lipinski definition) is 0. The molecule has 0 saturated carbocycles. The Morgan fingerprint density at radius 2 is 1.21 bits per heavy atom. The van der Waals surface area contributed by atoms with Gasteiger partial charge in [0.15, 0.2) is 0 Å². The average molecular weight is 591 g/mol. The molecule has 6 heteroatoms. The van der Waals surface area contributed by atoms with Crippen molar-refractivity contribution in [3.8, 4) is 28.6 Å². The summed E-state index contributed by atoms with van der Waals surface area (Å²) in [5.41, 5.74) is 2.90. The van der Waals surface area contributed by atoms with Crippen LogP contribution in [0.2, 0.25) is 5.02 Å². The van der Waals surface area contributed by atoms with E-state index in [1.54, 1.807) is 6.07 Å². The fourth-order valence-electron chi connectivity index (χ4n) is 5.49. The Morgan fingerprint density at radius 3 is 1.71 bits per heavy atom. The van der Waals surface area contributed by atoms with E-state index in [4.69, 9.17) is 20.9 Å². The Bertz CT molecular complexity index is 1660. The molecular weight excluding hydrogens is 559 g/mol. The second kappa shape index (κ2) is 12.3. The minimum absolute atomic E-state index is 0.0361. The molecule has 4 nitrogen and oxygen atoms in total. The zero-order valence-corrected chi connectivity index (χ0v) is 25.3. The fourth-order valence-corrected chi connectivity index (χ4v) is 10.5. The molecule has 0 saturated heterocycles. The molecule has 6 rings (SSSR count). The van der Waals surface area contributed by atoms with Crippen LogP contribution in [0.4, 0.5) is 0 Å². The van der Waals surface area contributed by atoms with Crippen molar-refractivity contribution in [3.63, 3.8) is 0 Å². The minimum atomic E-state index is -2.40. The van der Waals surface area contributed by atoms with Crippen LogP contribution >= 0.6 is 18.9 Å². The van der Waals surface area contributed by atoms with Gasteiger partial charge in [0.25, 0.3) is 0 Å². The summed E-state index contributed by atoms with van der Waals surface area (Å²) in [5.74, 6) is 1.58. The molecule has 0 radical (unpaired) electrons. The molecule has 0 bridgehead atoms. The first-order chi connectivity index (χ1) is 20.5. The monoisotopic (exact) mass is 590 g/mol. The van der Waals surface area contributed by atoms with Crippen molar-refractivity contribution >= 4 is 34.8 Å². The first-order valence-electron chi connectivity index (χ1n) is 14.1. The van der Waals surface area contributed by atoms with E-state index in [0.717, 1.165) is 17.3 Å². The van der Waals surface area contributed by atoms with Gasteiger partial charge in [-0.25, -0.2) is 0 Å². The number of hydrogen-bond acceptors (Lipinski definition) is 4. The van der Waals surface area contributed by atoms with Crippen molar-refractivity contribution in [1.29, 1.82) is 0 Å². The van der Waals surface area contributed by atoms with E-state index in [1.165, 1.54) is 21.5 Å². The van der Waals surface area contributed by atoms with Crippen LogP contribution in [-0.4, -0.2) is 16.2 Å². The van der Waals surface area contributed by atoms with Crippen LogP contribution in [0.1, 0.15) is 19.4 Å². The Labute approximate surface area is 252 Å². The molecule has 0 unspecified atom stereocenters. The number of halogens is 1. The van der Waals surface area contributed by atoms with E-state index in [0.29, 0.717) is 22.5 Å². The maximum absolute atomic E-state index is 6.44. The Hall–Kier alpha value is -4.24. The third-order valence-corrected chi connectivity index (χ3v) is 12.6. The van der Waals surface area contributed by atoms with Crippen LogP contribution in [0.15, 0.2) is 138 Å². The van der Waals surface area contributed by atoms with Gasteiger partial charge in [-0.1, -0.05) is 0 Å². The van der Waals surface area contributed by atoms with Gasteiger partial charge >= 0.3 is 228 Å². The van der Waals surface area contributed by atoms with Crippen LogP contribution in [0.5, 0.6) is 5.75 Å². The third-order valence-electron chi connectivity index (χ3n) is 7.45. The average Bonchev–Trinajstić information content (AvgIpc) is 3.53. The molecular formula is C36H32ClN2O2P. The summed E-state index contributed by atoms with van der Waals surface area (Å²) in [6.45, 7) is 3.93. The second-order valence-corrected chi connectivity index (χ2v) is 14.9. The topological polar surface area (TPSA) is 48.2 Å². The van der Waals surface area contributed by atoms with Gasteiger partial charge in [-0.3, -0.25) is 0 Å². The standard InChI is InChI=1S/C36H32ClN2O2P/c1-26(2)40-34-23-22-29(24-33(34)37)35-38-36(41-39-35)28-20-18-27(19-21-28)25-42(30-12-6-3-7-13-30,31-14-8-4-9-15-31)32-16-10-5-11-17-32/h3-24,26,42H,25H2,1-2H3. The van der Waals surface area contributed by atoms with Crippen LogP contribution in [0, 0.1) is 0 Å². The van der Waals surface area contributed by atoms with E-state index in [-0.39, 0.29) is 6.10 Å². The van der Waals surface area contributed by atoms with Crippen molar-refractivity contribution < 1.29 is 9.26 Å². The quantitative estimate of drug-likeness (QED) is 0.160. The van der Waals surface area contributed by atoms with Gasteiger partial charge in [0.2, 0.25) is 0 Å². The zero-order chi connectivity index (χ0) is 28.9. The van der Waals surface area contributed by atoms with Crippen molar-refractivity contribution in [2.45, 2.75) is 26.1 Å². The molecule has 1 heterocycles. The number of aromatic nitrogens is 2. The molecule has 42 heavy (non-hydrogen) atoms. The van der Waals surface area contributed by atoms with Crippen molar-refractivity contribution in [3.05, 3.63) is 144 Å². The van der Waals surface area contributed by atoms with Gasteiger partial charge in [-0.15, -0.1) is 0 Å². The summed E-state index contributed by atoms with van der Waals surface area (Å²) in [4.78, 5) is 4.66. The zero-order valence-electron chi connectivity index (χ0n) is 23.6. The molecule has 210 valence electrons. The van der Waals surface area contributed by atoms with Crippen LogP contribution in [0.25, 0.3) is 22.8 Å². The molecule has 5 aromatic carbocycles. The number of rotatable bonds is 9. The van der Waals surface area contributed by atoms with E-state index in [9.17, 15) is 0 Å². The Kier molecular flexibility index (Phi) is 8.19. The molecule has 0 N–H and O–H groups in total. The summed E-state index contributed by atoms with van der Waals surface area (Å²) >= 11 is 6.44. The molecule has 0 atom stereocenters. The van der Waals surface area contributed by atoms with E-state index < -0.39 is 7.26 Å². The summed E-state index contributed by atoms with van der Waals surface area (Å²) in [5, 5.41) is 8.89. The van der Waals surface area contributed by atoms with Crippen LogP contribution in [-0.2, 0) is 6.16 Å². The first kappa shape index (κ1) is 27.9. The summed E-state index contributed by atoms with van der Waals surface area (Å²) < 4.78 is 11.4. The molecule has 0 fully saturated rings. The molecule has 0 aliphatic carbocycles. The first-order valence-corrected chi connectivity index (χ1v) is 16.7. The molecule has 0 spiro atoms. The summed E-state index contributed by atoms with van der Waals surface area (Å²) in [6, 6.07) is 46.9. The summed E-state index contributed by atoms with van der Waals surface area (Å²) in [7, 11) is -2.40. The molecule has 0 amide bonds. The van der Waals surface area contributed by atoms with Gasteiger partial charge in [-0.2, -0.15) is 0 Å². The Morgan fingerprint density at radius 1 is 0.690 bits per heavy atom. The van der Waals surface area contributed by atoms with Crippen LogP contribution in [0.3, 0.4) is 0 Å². The molecule has 0 aliphatic heterocycles. The third kappa shape index (κ3) is 5.74. The molecule has 6 aromatic rings. The second-order valence-electron chi connectivity index (χ2n) is 10.6. The number of benzene rings is 5. The SMILES string of the molecule is CC(C)Oc1ccc(-c2noc(-c3ccc(C[PH](c4ccccc4)(c4ccccc4)c4ccccc4)cc3)n2)cc1Cl. The van der Waals surface area contributed by atoms with Gasteiger partial charge < -0.3 is 4.74 Å². The normalized spacial score (nSPS) is 11.9. The van der Waals surface area contributed by atoms with Gasteiger partial charge in [0, 0.05) is 0 Å². The molecule has 1 aromatic heterocycles. The van der Waals surface area contributed by atoms with Crippen molar-refractivity contribution in [2.75, 3.05) is 0 Å². The van der Waals surface area contributed by atoms with Gasteiger partial charge in [-0.05, 0) is 13.8 Å². The van der Waals surface area contributed by atoms with E-state index in [1.807, 2.05) is 26.0 Å². The maximum atomic E-state index is 6.44. The van der Waals surface area contributed by atoms with Gasteiger partial charge in [0.1, 0.15) is 0 Å². The van der Waals surface area contributed by atoms with Crippen molar-refractivity contribution in [2.24, 2.45) is 0 Å². The summed E-state index contributed by atoms with van der Waals surface area (Å²) in [6.07, 6.45) is 0.956. The fraction of sp³-hybridized carbons (Fsp3) is 0.111. The van der Waals surface area contributed by atoms with E-state index in [2.05, 4.69) is 125 Å². The Balaban J connectivity index is 1.33. The number of ether oxygens (including phenoxy) is 1. The molecule has 0 aliphatic rings.